The molecule has 1 amide bonds. The highest BCUT2D eigenvalue weighted by molar-refractivity contribution is 8.01. The van der Waals surface area contributed by atoms with Gasteiger partial charge in [-0.15, -0.1) is 11.8 Å². The number of fused-ring (bicyclic) bond motifs is 1. The molecule has 0 aromatic heterocycles. The van der Waals surface area contributed by atoms with E-state index in [4.69, 9.17) is 0 Å². The van der Waals surface area contributed by atoms with E-state index in [9.17, 15) is 4.79 Å². The number of carbonyl (C=O) groups is 1. The number of benzene rings is 2. The van der Waals surface area contributed by atoms with Gasteiger partial charge >= 0.3 is 0 Å². The Balaban J connectivity index is 1.53. The zero-order valence-corrected chi connectivity index (χ0v) is 14.4. The third-order valence-corrected chi connectivity index (χ3v) is 5.57. The average Bonchev–Trinajstić information content (AvgIpc) is 3.03. The second-order valence-electron chi connectivity index (χ2n) is 5.94. The number of amides is 1. The van der Waals surface area contributed by atoms with Crippen LogP contribution < -0.4 is 4.90 Å². The van der Waals surface area contributed by atoms with E-state index < -0.39 is 0 Å². The molecule has 0 fully saturated rings. The quantitative estimate of drug-likeness (QED) is 0.842. The van der Waals surface area contributed by atoms with Gasteiger partial charge in [-0.3, -0.25) is 4.79 Å². The van der Waals surface area contributed by atoms with E-state index in [1.165, 1.54) is 16.1 Å². The van der Waals surface area contributed by atoms with Gasteiger partial charge in [0.15, 0.2) is 0 Å². The van der Waals surface area contributed by atoms with E-state index in [1.807, 2.05) is 42.3 Å². The third kappa shape index (κ3) is 3.70. The van der Waals surface area contributed by atoms with Gasteiger partial charge in [0.25, 0.3) is 0 Å². The molecule has 1 aliphatic rings. The van der Waals surface area contributed by atoms with Crippen molar-refractivity contribution >= 4 is 23.4 Å². The maximum Gasteiger partial charge on any atom is 0.236 e. The van der Waals surface area contributed by atoms with Crippen molar-refractivity contribution in [2.24, 2.45) is 0 Å². The van der Waals surface area contributed by atoms with Crippen LogP contribution >= 0.6 is 11.8 Å². The Hall–Kier alpha value is -1.94. The van der Waals surface area contributed by atoms with Gasteiger partial charge in [-0.2, -0.15) is 0 Å². The molecule has 120 valence electrons. The summed E-state index contributed by atoms with van der Waals surface area (Å²) < 4.78 is 0. The topological polar surface area (TPSA) is 23.6 Å². The summed E-state index contributed by atoms with van der Waals surface area (Å²) in [6, 6.07) is 18.6. The predicted molar refractivity (Wildman–Crippen MR) is 97.1 cm³/mol. The lowest BCUT2D eigenvalue weighted by Gasteiger charge is -2.25. The van der Waals surface area contributed by atoms with Crippen LogP contribution in [0.5, 0.6) is 0 Å². The van der Waals surface area contributed by atoms with Gasteiger partial charge in [0, 0.05) is 37.8 Å². The zero-order valence-electron chi connectivity index (χ0n) is 13.6. The third-order valence-electron chi connectivity index (χ3n) is 4.27. The molecule has 0 bridgehead atoms. The van der Waals surface area contributed by atoms with Gasteiger partial charge in [0.2, 0.25) is 5.91 Å². The molecule has 1 heterocycles. The highest BCUT2D eigenvalue weighted by atomic mass is 32.2. The number of para-hydroxylation sites is 1. The fourth-order valence-corrected chi connectivity index (χ4v) is 4.10. The first-order chi connectivity index (χ1) is 11.1. The molecule has 0 spiro atoms. The lowest BCUT2D eigenvalue weighted by Crippen LogP contribution is -2.39. The first-order valence-corrected chi connectivity index (χ1v) is 8.79. The van der Waals surface area contributed by atoms with Crippen LogP contribution in [0.4, 0.5) is 5.69 Å². The summed E-state index contributed by atoms with van der Waals surface area (Å²) in [4.78, 5) is 17.9. The number of thioether (sulfide) groups is 1. The van der Waals surface area contributed by atoms with Crippen molar-refractivity contribution in [3.8, 4) is 0 Å². The monoisotopic (exact) mass is 326 g/mol. The van der Waals surface area contributed by atoms with Crippen molar-refractivity contribution in [1.82, 2.24) is 4.90 Å². The average molecular weight is 326 g/mol. The molecular weight excluding hydrogens is 304 g/mol. The standard InChI is InChI=1S/C19H22N2OS/c1-20(16-9-4-3-5-10-16)12-13-21(2)19(22)18-14-15-8-6-7-11-17(15)23-18/h3-11,18H,12-14H2,1-2H3. The molecular formula is C19H22N2OS. The Kier molecular flexibility index (Phi) is 4.91. The van der Waals surface area contributed by atoms with E-state index in [2.05, 4.69) is 36.2 Å². The van der Waals surface area contributed by atoms with Gasteiger partial charge < -0.3 is 9.80 Å². The summed E-state index contributed by atoms with van der Waals surface area (Å²) in [5.74, 6) is 0.229. The van der Waals surface area contributed by atoms with E-state index in [0.29, 0.717) is 0 Å². The molecule has 1 aliphatic heterocycles. The smallest absolute Gasteiger partial charge is 0.236 e. The summed E-state index contributed by atoms with van der Waals surface area (Å²) in [5.41, 5.74) is 2.47. The fourth-order valence-electron chi connectivity index (χ4n) is 2.79. The first-order valence-electron chi connectivity index (χ1n) is 7.91. The molecule has 2 aromatic rings. The van der Waals surface area contributed by atoms with Crippen molar-refractivity contribution in [3.63, 3.8) is 0 Å². The molecule has 0 N–H and O–H groups in total. The lowest BCUT2D eigenvalue weighted by molar-refractivity contribution is -0.129. The van der Waals surface area contributed by atoms with Crippen LogP contribution in [-0.2, 0) is 11.2 Å². The number of nitrogens with zero attached hydrogens (tertiary/aromatic N) is 2. The normalized spacial score (nSPS) is 16.0. The van der Waals surface area contributed by atoms with Crippen molar-refractivity contribution in [1.29, 1.82) is 0 Å². The molecule has 0 saturated carbocycles. The molecule has 0 saturated heterocycles. The van der Waals surface area contributed by atoms with Crippen molar-refractivity contribution < 1.29 is 4.79 Å². The lowest BCUT2D eigenvalue weighted by atomic mass is 10.1. The van der Waals surface area contributed by atoms with Crippen LogP contribution in [-0.4, -0.2) is 43.2 Å². The van der Waals surface area contributed by atoms with E-state index in [-0.39, 0.29) is 11.2 Å². The predicted octanol–water partition coefficient (Wildman–Crippen LogP) is 3.30. The summed E-state index contributed by atoms with van der Waals surface area (Å²) in [5, 5.41) is 0.0273. The number of hydrogen-bond acceptors (Lipinski definition) is 3. The molecule has 1 atom stereocenters. The van der Waals surface area contributed by atoms with Crippen LogP contribution in [0.2, 0.25) is 0 Å². The largest absolute Gasteiger partial charge is 0.373 e. The molecule has 0 radical (unpaired) electrons. The number of anilines is 1. The Morgan fingerprint density at radius 3 is 2.48 bits per heavy atom. The van der Waals surface area contributed by atoms with Crippen molar-refractivity contribution in [2.75, 3.05) is 32.1 Å². The summed E-state index contributed by atoms with van der Waals surface area (Å²) in [6.07, 6.45) is 0.846. The van der Waals surface area contributed by atoms with Crippen LogP contribution in [0.3, 0.4) is 0 Å². The SMILES string of the molecule is CN(CCN(C)c1ccccc1)C(=O)C1Cc2ccccc2S1. The van der Waals surface area contributed by atoms with E-state index in [1.54, 1.807) is 11.8 Å². The van der Waals surface area contributed by atoms with Gasteiger partial charge in [-0.05, 0) is 30.2 Å². The highest BCUT2D eigenvalue weighted by Crippen LogP contribution is 2.37. The van der Waals surface area contributed by atoms with Crippen molar-refractivity contribution in [3.05, 3.63) is 60.2 Å². The Bertz CT molecular complexity index is 649. The summed E-state index contributed by atoms with van der Waals surface area (Å²) >= 11 is 1.70. The van der Waals surface area contributed by atoms with Gasteiger partial charge in [0.1, 0.15) is 0 Å². The zero-order chi connectivity index (χ0) is 16.2. The molecule has 2 aromatic carbocycles. The van der Waals surface area contributed by atoms with Crippen LogP contribution in [0.15, 0.2) is 59.5 Å². The Morgan fingerprint density at radius 2 is 1.74 bits per heavy atom. The number of rotatable bonds is 5. The molecule has 3 rings (SSSR count). The minimum atomic E-state index is 0.0273. The van der Waals surface area contributed by atoms with Gasteiger partial charge in [-0.1, -0.05) is 36.4 Å². The minimum absolute atomic E-state index is 0.0273. The van der Waals surface area contributed by atoms with Crippen LogP contribution in [0.1, 0.15) is 5.56 Å². The summed E-state index contributed by atoms with van der Waals surface area (Å²) in [7, 11) is 3.97. The molecule has 0 aliphatic carbocycles. The second-order valence-corrected chi connectivity index (χ2v) is 7.18. The molecule has 4 heteroatoms. The molecule has 3 nitrogen and oxygen atoms in total. The number of likely N-dealkylation sites (N-methyl/N-ethyl adjacent to an activating group) is 2. The van der Waals surface area contributed by atoms with Gasteiger partial charge in [-0.25, -0.2) is 0 Å². The second kappa shape index (κ2) is 7.09. The molecule has 1 unspecified atom stereocenters. The van der Waals surface area contributed by atoms with Crippen LogP contribution in [0, 0.1) is 0 Å². The Morgan fingerprint density at radius 1 is 1.04 bits per heavy atom. The first kappa shape index (κ1) is 15.9. The van der Waals surface area contributed by atoms with E-state index >= 15 is 0 Å². The number of carbonyl (C=O) groups excluding carboxylic acids is 1. The maximum atomic E-state index is 12.6. The van der Waals surface area contributed by atoms with Gasteiger partial charge in [0.05, 0.1) is 5.25 Å². The summed E-state index contributed by atoms with van der Waals surface area (Å²) in [6.45, 7) is 1.56. The minimum Gasteiger partial charge on any atom is -0.373 e. The van der Waals surface area contributed by atoms with E-state index in [0.717, 1.165) is 19.5 Å². The number of hydrogen-bond donors (Lipinski definition) is 0. The van der Waals surface area contributed by atoms with Crippen LogP contribution in [0.25, 0.3) is 0 Å². The van der Waals surface area contributed by atoms with Crippen molar-refractivity contribution in [2.45, 2.75) is 16.6 Å². The molecule has 23 heavy (non-hydrogen) atoms. The highest BCUT2D eigenvalue weighted by Gasteiger charge is 2.29. The fraction of sp³-hybridized carbons (Fsp3) is 0.316. The Labute approximate surface area is 142 Å². The maximum absolute atomic E-state index is 12.6.